The Morgan fingerprint density at radius 3 is 2.56 bits per heavy atom. The van der Waals surface area contributed by atoms with Crippen molar-refractivity contribution >= 4 is 22.9 Å². The summed E-state index contributed by atoms with van der Waals surface area (Å²) in [5.74, 6) is 0. The van der Waals surface area contributed by atoms with Crippen LogP contribution in [-0.4, -0.2) is 4.99 Å². The summed E-state index contributed by atoms with van der Waals surface area (Å²) in [6.07, 6.45) is 0.0499. The second-order valence-electron chi connectivity index (χ2n) is 4.51. The van der Waals surface area contributed by atoms with E-state index in [4.69, 9.17) is 12.2 Å². The van der Waals surface area contributed by atoms with Crippen LogP contribution in [0.2, 0.25) is 0 Å². The molecule has 2 N–H and O–H groups in total. The van der Waals surface area contributed by atoms with E-state index in [0.717, 1.165) is 16.2 Å². The summed E-state index contributed by atoms with van der Waals surface area (Å²) < 4.78 is 0. The van der Waals surface area contributed by atoms with Crippen molar-refractivity contribution in [1.29, 1.82) is 0 Å². The Morgan fingerprint density at radius 1 is 1.00 bits per heavy atom. The van der Waals surface area contributed by atoms with Crippen molar-refractivity contribution in [2.45, 2.75) is 13.1 Å². The molecule has 1 aliphatic heterocycles. The molecule has 0 radical (unpaired) electrons. The summed E-state index contributed by atoms with van der Waals surface area (Å²) in [5.41, 5.74) is 4.58. The average molecular weight is 254 g/mol. The maximum absolute atomic E-state index is 5.45. The third-order valence-electron chi connectivity index (χ3n) is 3.13. The van der Waals surface area contributed by atoms with E-state index in [9.17, 15) is 0 Å². The molecule has 0 aromatic heterocycles. The van der Waals surface area contributed by atoms with Gasteiger partial charge >= 0.3 is 0 Å². The van der Waals surface area contributed by atoms with Gasteiger partial charge in [0.2, 0.25) is 0 Å². The van der Waals surface area contributed by atoms with Gasteiger partial charge in [-0.3, -0.25) is 0 Å². The fourth-order valence-corrected chi connectivity index (χ4v) is 2.47. The summed E-state index contributed by atoms with van der Waals surface area (Å²) in [7, 11) is 0. The first-order valence-corrected chi connectivity index (χ1v) is 6.38. The molecule has 90 valence electrons. The van der Waals surface area contributed by atoms with Crippen molar-refractivity contribution in [3.8, 4) is 0 Å². The fraction of sp³-hybridized carbons (Fsp3) is 0.133. The SMILES string of the molecule is Cc1ccc2c(c1)C(=S)NC(c1ccccc1)N2. The molecule has 2 aromatic rings. The predicted molar refractivity (Wildman–Crippen MR) is 78.8 cm³/mol. The second-order valence-corrected chi connectivity index (χ2v) is 4.92. The molecule has 0 bridgehead atoms. The zero-order valence-corrected chi connectivity index (χ0v) is 10.9. The van der Waals surface area contributed by atoms with Gasteiger partial charge in [-0.15, -0.1) is 0 Å². The molecule has 1 unspecified atom stereocenters. The molecule has 0 fully saturated rings. The third kappa shape index (κ3) is 1.97. The molecule has 0 spiro atoms. The molecule has 3 heteroatoms. The summed E-state index contributed by atoms with van der Waals surface area (Å²) in [6, 6.07) is 16.6. The van der Waals surface area contributed by atoms with Crippen molar-refractivity contribution in [2.75, 3.05) is 5.32 Å². The van der Waals surface area contributed by atoms with E-state index in [1.54, 1.807) is 0 Å². The van der Waals surface area contributed by atoms with Crippen molar-refractivity contribution in [2.24, 2.45) is 0 Å². The number of aryl methyl sites for hydroxylation is 1. The zero-order chi connectivity index (χ0) is 12.5. The molecule has 1 atom stereocenters. The van der Waals surface area contributed by atoms with Crippen LogP contribution < -0.4 is 10.6 Å². The molecule has 2 nitrogen and oxygen atoms in total. The molecule has 0 saturated heterocycles. The van der Waals surface area contributed by atoms with E-state index in [0.29, 0.717) is 0 Å². The molecular weight excluding hydrogens is 240 g/mol. The lowest BCUT2D eigenvalue weighted by molar-refractivity contribution is 0.729. The summed E-state index contributed by atoms with van der Waals surface area (Å²) in [6.45, 7) is 2.08. The highest BCUT2D eigenvalue weighted by atomic mass is 32.1. The van der Waals surface area contributed by atoms with Crippen LogP contribution in [0.5, 0.6) is 0 Å². The standard InChI is InChI=1S/C15H14N2S/c1-10-7-8-13-12(9-10)15(18)17-14(16-13)11-5-3-2-4-6-11/h2-9,14,16H,1H3,(H,17,18). The average Bonchev–Trinajstić information content (AvgIpc) is 2.40. The second kappa shape index (κ2) is 4.42. The van der Waals surface area contributed by atoms with Crippen molar-refractivity contribution < 1.29 is 0 Å². The van der Waals surface area contributed by atoms with E-state index in [1.165, 1.54) is 11.1 Å². The van der Waals surface area contributed by atoms with Gasteiger partial charge in [-0.25, -0.2) is 0 Å². The van der Waals surface area contributed by atoms with Gasteiger partial charge in [-0.05, 0) is 24.6 Å². The van der Waals surface area contributed by atoms with Crippen LogP contribution in [-0.2, 0) is 0 Å². The van der Waals surface area contributed by atoms with Gasteiger partial charge < -0.3 is 10.6 Å². The van der Waals surface area contributed by atoms with Crippen LogP contribution >= 0.6 is 12.2 Å². The van der Waals surface area contributed by atoms with E-state index in [-0.39, 0.29) is 6.17 Å². The Labute approximate surface area is 112 Å². The number of thiocarbonyl (C=S) groups is 1. The molecule has 1 aliphatic rings. The quantitative estimate of drug-likeness (QED) is 0.763. The first-order chi connectivity index (χ1) is 8.74. The van der Waals surface area contributed by atoms with E-state index in [2.05, 4.69) is 47.9 Å². The maximum Gasteiger partial charge on any atom is 0.124 e. The number of rotatable bonds is 1. The highest BCUT2D eigenvalue weighted by molar-refractivity contribution is 7.80. The highest BCUT2D eigenvalue weighted by Gasteiger charge is 2.21. The minimum Gasteiger partial charge on any atom is -0.361 e. The Balaban J connectivity index is 1.97. The zero-order valence-electron chi connectivity index (χ0n) is 10.1. The molecule has 0 amide bonds. The Bertz CT molecular complexity index is 593. The van der Waals surface area contributed by atoms with Gasteiger partial charge in [0.25, 0.3) is 0 Å². The number of hydrogen-bond acceptors (Lipinski definition) is 2. The third-order valence-corrected chi connectivity index (χ3v) is 3.47. The molecule has 18 heavy (non-hydrogen) atoms. The topological polar surface area (TPSA) is 24.1 Å². The van der Waals surface area contributed by atoms with Gasteiger partial charge in [-0.2, -0.15) is 0 Å². The molecule has 1 heterocycles. The smallest absolute Gasteiger partial charge is 0.124 e. The van der Waals surface area contributed by atoms with Crippen LogP contribution in [0.15, 0.2) is 48.5 Å². The predicted octanol–water partition coefficient (Wildman–Crippen LogP) is 3.38. The van der Waals surface area contributed by atoms with Crippen LogP contribution in [0, 0.1) is 6.92 Å². The Kier molecular flexibility index (Phi) is 2.76. The number of fused-ring (bicyclic) bond motifs is 1. The minimum atomic E-state index is 0.0499. The first kappa shape index (κ1) is 11.2. The summed E-state index contributed by atoms with van der Waals surface area (Å²) in [5, 5.41) is 6.81. The van der Waals surface area contributed by atoms with Gasteiger partial charge in [0, 0.05) is 11.3 Å². The first-order valence-electron chi connectivity index (χ1n) is 5.97. The van der Waals surface area contributed by atoms with Crippen LogP contribution in [0.4, 0.5) is 5.69 Å². The normalized spacial score (nSPS) is 17.6. The lowest BCUT2D eigenvalue weighted by Gasteiger charge is -2.30. The monoisotopic (exact) mass is 254 g/mol. The van der Waals surface area contributed by atoms with Crippen molar-refractivity contribution in [3.63, 3.8) is 0 Å². The van der Waals surface area contributed by atoms with E-state index >= 15 is 0 Å². The van der Waals surface area contributed by atoms with Crippen LogP contribution in [0.3, 0.4) is 0 Å². The van der Waals surface area contributed by atoms with Crippen LogP contribution in [0.25, 0.3) is 0 Å². The van der Waals surface area contributed by atoms with Gasteiger partial charge in [0.05, 0.1) is 0 Å². The lowest BCUT2D eigenvalue weighted by atomic mass is 10.0. The number of hydrogen-bond donors (Lipinski definition) is 2. The molecular formula is C15H14N2S. The fourth-order valence-electron chi connectivity index (χ4n) is 2.18. The van der Waals surface area contributed by atoms with Gasteiger partial charge in [-0.1, -0.05) is 54.2 Å². The maximum atomic E-state index is 5.45. The number of benzene rings is 2. The van der Waals surface area contributed by atoms with E-state index < -0.39 is 0 Å². The summed E-state index contributed by atoms with van der Waals surface area (Å²) in [4.78, 5) is 0.807. The van der Waals surface area contributed by atoms with E-state index in [1.807, 2.05) is 18.2 Å². The van der Waals surface area contributed by atoms with Crippen LogP contribution in [0.1, 0.15) is 22.9 Å². The highest BCUT2D eigenvalue weighted by Crippen LogP contribution is 2.27. The lowest BCUT2D eigenvalue weighted by Crippen LogP contribution is -2.37. The van der Waals surface area contributed by atoms with Crippen molar-refractivity contribution in [3.05, 3.63) is 65.2 Å². The minimum absolute atomic E-state index is 0.0499. The largest absolute Gasteiger partial charge is 0.361 e. The Hall–Kier alpha value is -1.87. The Morgan fingerprint density at radius 2 is 1.78 bits per heavy atom. The molecule has 2 aromatic carbocycles. The molecule has 0 aliphatic carbocycles. The van der Waals surface area contributed by atoms with Gasteiger partial charge in [0.15, 0.2) is 0 Å². The summed E-state index contributed by atoms with van der Waals surface area (Å²) >= 11 is 5.45. The number of anilines is 1. The van der Waals surface area contributed by atoms with Crippen molar-refractivity contribution in [1.82, 2.24) is 5.32 Å². The van der Waals surface area contributed by atoms with Gasteiger partial charge in [0.1, 0.15) is 11.2 Å². The number of nitrogens with one attached hydrogen (secondary N) is 2. The molecule has 3 rings (SSSR count). The molecule has 0 saturated carbocycles.